The van der Waals surface area contributed by atoms with Crippen LogP contribution in [0.5, 0.6) is 0 Å². The predicted molar refractivity (Wildman–Crippen MR) is 62.9 cm³/mol. The number of halogens is 1. The topological polar surface area (TPSA) is 32.3 Å². The van der Waals surface area contributed by atoms with E-state index in [2.05, 4.69) is 5.32 Å². The molecule has 1 N–H and O–H groups in total. The Hall–Kier alpha value is -1.58. The van der Waals surface area contributed by atoms with Gasteiger partial charge in [-0.25, -0.2) is 4.39 Å². The van der Waals surface area contributed by atoms with Gasteiger partial charge < -0.3 is 10.2 Å². The summed E-state index contributed by atoms with van der Waals surface area (Å²) in [6, 6.07) is 4.79. The van der Waals surface area contributed by atoms with E-state index in [1.165, 1.54) is 6.07 Å². The zero-order valence-electron chi connectivity index (χ0n) is 9.88. The Morgan fingerprint density at radius 2 is 2.19 bits per heavy atom. The quantitative estimate of drug-likeness (QED) is 0.848. The fourth-order valence-corrected chi connectivity index (χ4v) is 1.28. The van der Waals surface area contributed by atoms with Crippen LogP contribution in [0.4, 0.5) is 10.1 Å². The molecule has 0 spiro atoms. The first-order chi connectivity index (χ1) is 7.56. The number of carbonyl (C=O) groups is 1. The molecule has 16 heavy (non-hydrogen) atoms. The fourth-order valence-electron chi connectivity index (χ4n) is 1.28. The Kier molecular flexibility index (Phi) is 4.28. The number of benzene rings is 1. The van der Waals surface area contributed by atoms with Crippen molar-refractivity contribution in [3.63, 3.8) is 0 Å². The molecule has 0 unspecified atom stereocenters. The van der Waals surface area contributed by atoms with Gasteiger partial charge in [0.25, 0.3) is 0 Å². The SMILES string of the molecule is CCN(C)C(=O)CNc1cccc(F)c1C. The lowest BCUT2D eigenvalue weighted by atomic mass is 10.2. The number of nitrogens with one attached hydrogen (secondary N) is 1. The van der Waals surface area contributed by atoms with Crippen molar-refractivity contribution >= 4 is 11.6 Å². The lowest BCUT2D eigenvalue weighted by Gasteiger charge is -2.16. The number of hydrogen-bond donors (Lipinski definition) is 1. The van der Waals surface area contributed by atoms with Gasteiger partial charge in [-0.1, -0.05) is 6.07 Å². The van der Waals surface area contributed by atoms with Crippen molar-refractivity contribution in [2.45, 2.75) is 13.8 Å². The van der Waals surface area contributed by atoms with Gasteiger partial charge in [-0.2, -0.15) is 0 Å². The average molecular weight is 224 g/mol. The maximum atomic E-state index is 13.2. The van der Waals surface area contributed by atoms with Gasteiger partial charge in [-0.05, 0) is 26.0 Å². The first-order valence-electron chi connectivity index (χ1n) is 5.29. The minimum absolute atomic E-state index is 0.00818. The monoisotopic (exact) mass is 224 g/mol. The third-order valence-corrected chi connectivity index (χ3v) is 2.60. The van der Waals surface area contributed by atoms with Gasteiger partial charge in [-0.3, -0.25) is 4.79 Å². The largest absolute Gasteiger partial charge is 0.376 e. The van der Waals surface area contributed by atoms with Crippen LogP contribution >= 0.6 is 0 Å². The molecule has 0 saturated carbocycles. The standard InChI is InChI=1S/C12H17FN2O/c1-4-15(3)12(16)8-14-11-7-5-6-10(13)9(11)2/h5-7,14H,4,8H2,1-3H3. The lowest BCUT2D eigenvalue weighted by molar-refractivity contribution is -0.127. The van der Waals surface area contributed by atoms with E-state index in [0.29, 0.717) is 17.8 Å². The smallest absolute Gasteiger partial charge is 0.241 e. The van der Waals surface area contributed by atoms with Crippen molar-refractivity contribution in [2.24, 2.45) is 0 Å². The van der Waals surface area contributed by atoms with E-state index in [-0.39, 0.29) is 18.3 Å². The summed E-state index contributed by atoms with van der Waals surface area (Å²) in [6.07, 6.45) is 0. The summed E-state index contributed by atoms with van der Waals surface area (Å²) in [5.74, 6) is -0.271. The van der Waals surface area contributed by atoms with Crippen molar-refractivity contribution in [1.82, 2.24) is 4.90 Å². The molecule has 0 aromatic heterocycles. The molecule has 4 heteroatoms. The molecule has 0 heterocycles. The highest BCUT2D eigenvalue weighted by molar-refractivity contribution is 5.80. The zero-order chi connectivity index (χ0) is 12.1. The molecule has 0 aliphatic heterocycles. The van der Waals surface area contributed by atoms with E-state index in [9.17, 15) is 9.18 Å². The highest BCUT2D eigenvalue weighted by Crippen LogP contribution is 2.16. The van der Waals surface area contributed by atoms with E-state index in [1.54, 1.807) is 31.0 Å². The Bertz CT molecular complexity index is 379. The van der Waals surface area contributed by atoms with Crippen LogP contribution in [0.2, 0.25) is 0 Å². The summed E-state index contributed by atoms with van der Waals surface area (Å²) >= 11 is 0. The van der Waals surface area contributed by atoms with Gasteiger partial charge in [0, 0.05) is 24.8 Å². The number of anilines is 1. The summed E-state index contributed by atoms with van der Waals surface area (Å²) in [4.78, 5) is 13.1. The summed E-state index contributed by atoms with van der Waals surface area (Å²) in [7, 11) is 1.74. The van der Waals surface area contributed by atoms with Gasteiger partial charge in [0.05, 0.1) is 6.54 Å². The second-order valence-corrected chi connectivity index (χ2v) is 3.67. The number of carbonyl (C=O) groups excluding carboxylic acids is 1. The average Bonchev–Trinajstić information content (AvgIpc) is 2.29. The molecule has 1 rings (SSSR count). The molecule has 0 fully saturated rings. The maximum absolute atomic E-state index is 13.2. The van der Waals surface area contributed by atoms with Crippen molar-refractivity contribution in [1.29, 1.82) is 0 Å². The normalized spacial score (nSPS) is 10.0. The molecule has 0 atom stereocenters. The minimum Gasteiger partial charge on any atom is -0.376 e. The van der Waals surface area contributed by atoms with Crippen LogP contribution in [-0.4, -0.2) is 30.9 Å². The van der Waals surface area contributed by atoms with Crippen LogP contribution in [0.1, 0.15) is 12.5 Å². The molecular weight excluding hydrogens is 207 g/mol. The maximum Gasteiger partial charge on any atom is 0.241 e. The molecular formula is C12H17FN2O. The fraction of sp³-hybridized carbons (Fsp3) is 0.417. The van der Waals surface area contributed by atoms with Gasteiger partial charge >= 0.3 is 0 Å². The minimum atomic E-state index is -0.263. The Morgan fingerprint density at radius 1 is 1.50 bits per heavy atom. The van der Waals surface area contributed by atoms with E-state index in [1.807, 2.05) is 6.92 Å². The molecule has 0 aliphatic carbocycles. The summed E-state index contributed by atoms with van der Waals surface area (Å²) in [5.41, 5.74) is 1.20. The van der Waals surface area contributed by atoms with Crippen molar-refractivity contribution in [2.75, 3.05) is 25.5 Å². The van der Waals surface area contributed by atoms with E-state index < -0.39 is 0 Å². The van der Waals surface area contributed by atoms with Gasteiger partial charge in [0.2, 0.25) is 5.91 Å². The number of rotatable bonds is 4. The second-order valence-electron chi connectivity index (χ2n) is 3.67. The van der Waals surface area contributed by atoms with Crippen LogP contribution < -0.4 is 5.32 Å². The summed E-state index contributed by atoms with van der Waals surface area (Å²) < 4.78 is 13.2. The molecule has 0 aliphatic rings. The van der Waals surface area contributed by atoms with Crippen LogP contribution in [-0.2, 0) is 4.79 Å². The molecule has 1 amide bonds. The molecule has 0 bridgehead atoms. The van der Waals surface area contributed by atoms with E-state index >= 15 is 0 Å². The Balaban J connectivity index is 2.61. The van der Waals surface area contributed by atoms with Gasteiger partial charge in [0.15, 0.2) is 0 Å². The molecule has 3 nitrogen and oxygen atoms in total. The summed E-state index contributed by atoms with van der Waals surface area (Å²) in [6.45, 7) is 4.45. The van der Waals surface area contributed by atoms with E-state index in [0.717, 1.165) is 0 Å². The first-order valence-corrected chi connectivity index (χ1v) is 5.29. The predicted octanol–water partition coefficient (Wildman–Crippen LogP) is 2.02. The first kappa shape index (κ1) is 12.5. The van der Waals surface area contributed by atoms with Crippen molar-refractivity contribution in [3.05, 3.63) is 29.6 Å². The second kappa shape index (κ2) is 5.49. The highest BCUT2D eigenvalue weighted by atomic mass is 19.1. The number of amides is 1. The van der Waals surface area contributed by atoms with Crippen LogP contribution in [0.25, 0.3) is 0 Å². The number of nitrogens with zero attached hydrogens (tertiary/aromatic N) is 1. The van der Waals surface area contributed by atoms with Gasteiger partial charge in [0.1, 0.15) is 5.82 Å². The molecule has 88 valence electrons. The third-order valence-electron chi connectivity index (χ3n) is 2.60. The van der Waals surface area contributed by atoms with Crippen LogP contribution in [0.15, 0.2) is 18.2 Å². The zero-order valence-corrected chi connectivity index (χ0v) is 9.88. The van der Waals surface area contributed by atoms with E-state index in [4.69, 9.17) is 0 Å². The van der Waals surface area contributed by atoms with Crippen LogP contribution in [0, 0.1) is 12.7 Å². The highest BCUT2D eigenvalue weighted by Gasteiger charge is 2.08. The third kappa shape index (κ3) is 2.95. The Labute approximate surface area is 95.3 Å². The van der Waals surface area contributed by atoms with Crippen LogP contribution in [0.3, 0.4) is 0 Å². The van der Waals surface area contributed by atoms with Crippen molar-refractivity contribution < 1.29 is 9.18 Å². The lowest BCUT2D eigenvalue weighted by Crippen LogP contribution is -2.32. The molecule has 1 aromatic carbocycles. The molecule has 0 radical (unpaired) electrons. The Morgan fingerprint density at radius 3 is 2.81 bits per heavy atom. The molecule has 0 saturated heterocycles. The molecule has 1 aromatic rings. The van der Waals surface area contributed by atoms with Gasteiger partial charge in [-0.15, -0.1) is 0 Å². The van der Waals surface area contributed by atoms with Crippen molar-refractivity contribution in [3.8, 4) is 0 Å². The number of likely N-dealkylation sites (N-methyl/N-ethyl adjacent to an activating group) is 1. The number of hydrogen-bond acceptors (Lipinski definition) is 2. The summed E-state index contributed by atoms with van der Waals surface area (Å²) in [5, 5.41) is 2.94.